The van der Waals surface area contributed by atoms with E-state index in [0.717, 1.165) is 16.9 Å². The number of hydrogen-bond donors (Lipinski definition) is 1. The van der Waals surface area contributed by atoms with Gasteiger partial charge < -0.3 is 4.74 Å². The van der Waals surface area contributed by atoms with Crippen LogP contribution >= 0.6 is 11.3 Å². The molecule has 0 saturated heterocycles. The van der Waals surface area contributed by atoms with Crippen LogP contribution in [0.25, 0.3) is 10.2 Å². The van der Waals surface area contributed by atoms with Crippen molar-refractivity contribution in [3.8, 4) is 5.75 Å². The van der Waals surface area contributed by atoms with Crippen LogP contribution in [0.1, 0.15) is 6.92 Å². The largest absolute Gasteiger partial charge is 0.497 e. The fourth-order valence-electron chi connectivity index (χ4n) is 2.39. The van der Waals surface area contributed by atoms with E-state index >= 15 is 0 Å². The molecule has 0 unspecified atom stereocenters. The molecule has 24 heavy (non-hydrogen) atoms. The first kappa shape index (κ1) is 16.5. The van der Waals surface area contributed by atoms with Gasteiger partial charge in [0.25, 0.3) is 10.0 Å². The summed E-state index contributed by atoms with van der Waals surface area (Å²) in [5.41, 5.74) is 1.19. The van der Waals surface area contributed by atoms with E-state index in [-0.39, 0.29) is 9.77 Å². The monoisotopic (exact) mass is 364 g/mol. The van der Waals surface area contributed by atoms with E-state index in [1.165, 1.54) is 12.1 Å². The molecule has 0 amide bonds. The van der Waals surface area contributed by atoms with Gasteiger partial charge in [-0.05, 0) is 49.4 Å². The Kier molecular flexibility index (Phi) is 4.33. The molecule has 3 rings (SSSR count). The molecule has 8 heteroatoms. The third kappa shape index (κ3) is 3.02. The maximum atomic E-state index is 12.5. The van der Waals surface area contributed by atoms with Crippen molar-refractivity contribution in [3.63, 3.8) is 0 Å². The molecule has 0 aliphatic heterocycles. The lowest BCUT2D eigenvalue weighted by atomic mass is 10.3. The summed E-state index contributed by atoms with van der Waals surface area (Å²) in [6, 6.07) is 11.3. The quantitative estimate of drug-likeness (QED) is 0.755. The first-order valence-corrected chi connectivity index (χ1v) is 9.55. The van der Waals surface area contributed by atoms with E-state index in [4.69, 9.17) is 4.74 Å². The van der Waals surface area contributed by atoms with Crippen LogP contribution < -0.4 is 14.3 Å². The molecule has 0 aliphatic carbocycles. The molecule has 0 atom stereocenters. The van der Waals surface area contributed by atoms with Gasteiger partial charge in [0.2, 0.25) is 0 Å². The van der Waals surface area contributed by atoms with Crippen molar-refractivity contribution in [1.82, 2.24) is 4.57 Å². The Morgan fingerprint density at radius 1 is 1.17 bits per heavy atom. The number of aryl methyl sites for hydroxylation is 1. The first-order valence-electron chi connectivity index (χ1n) is 7.25. The van der Waals surface area contributed by atoms with E-state index in [2.05, 4.69) is 4.72 Å². The van der Waals surface area contributed by atoms with Gasteiger partial charge in [-0.2, -0.15) is 0 Å². The van der Waals surface area contributed by atoms with Crippen LogP contribution in [-0.2, 0) is 16.6 Å². The molecule has 0 fully saturated rings. The molecule has 1 heterocycles. The second-order valence-corrected chi connectivity index (χ2v) is 7.75. The average Bonchev–Trinajstić information content (AvgIpc) is 2.89. The Morgan fingerprint density at radius 2 is 1.88 bits per heavy atom. The van der Waals surface area contributed by atoms with Crippen molar-refractivity contribution >= 4 is 37.3 Å². The molecule has 0 aliphatic rings. The van der Waals surface area contributed by atoms with Crippen molar-refractivity contribution in [1.29, 1.82) is 0 Å². The lowest BCUT2D eigenvalue weighted by Crippen LogP contribution is -2.13. The molecule has 1 aromatic heterocycles. The molecular weight excluding hydrogens is 348 g/mol. The van der Waals surface area contributed by atoms with E-state index in [0.29, 0.717) is 22.7 Å². The zero-order chi connectivity index (χ0) is 17.3. The van der Waals surface area contributed by atoms with Crippen LogP contribution in [0.4, 0.5) is 5.69 Å². The number of sulfonamides is 1. The minimum absolute atomic E-state index is 0.0924. The predicted octanol–water partition coefficient (Wildman–Crippen LogP) is 2.89. The number of thiazole rings is 1. The van der Waals surface area contributed by atoms with Crippen LogP contribution in [0.5, 0.6) is 5.75 Å². The SMILES string of the molecule is CCn1c(=O)sc2cc(S(=O)(=O)Nc3ccc(OC)cc3)ccc21. The number of methoxy groups -OCH3 is 1. The Hall–Kier alpha value is -2.32. The molecule has 126 valence electrons. The highest BCUT2D eigenvalue weighted by molar-refractivity contribution is 7.92. The number of ether oxygens (including phenoxy) is 1. The summed E-state index contributed by atoms with van der Waals surface area (Å²) in [5.74, 6) is 0.644. The van der Waals surface area contributed by atoms with Crippen LogP contribution in [-0.4, -0.2) is 20.1 Å². The standard InChI is InChI=1S/C16H16N2O4S2/c1-3-18-14-9-8-13(10-15(14)23-16(18)19)24(20,21)17-11-4-6-12(22-2)7-5-11/h4-10,17H,3H2,1-2H3. The molecule has 0 radical (unpaired) electrons. The van der Waals surface area contributed by atoms with Gasteiger partial charge in [0.05, 0.1) is 22.2 Å². The van der Waals surface area contributed by atoms with Crippen LogP contribution in [0.2, 0.25) is 0 Å². The average molecular weight is 364 g/mol. The second kappa shape index (κ2) is 6.29. The summed E-state index contributed by atoms with van der Waals surface area (Å²) < 4.78 is 34.9. The third-order valence-corrected chi connectivity index (χ3v) is 5.93. The normalized spacial score (nSPS) is 11.6. The number of anilines is 1. The van der Waals surface area contributed by atoms with Gasteiger partial charge in [0.15, 0.2) is 0 Å². The van der Waals surface area contributed by atoms with Gasteiger partial charge in [0.1, 0.15) is 5.75 Å². The van der Waals surface area contributed by atoms with Crippen molar-refractivity contribution in [2.75, 3.05) is 11.8 Å². The highest BCUT2D eigenvalue weighted by atomic mass is 32.2. The lowest BCUT2D eigenvalue weighted by Gasteiger charge is -2.09. The van der Waals surface area contributed by atoms with Gasteiger partial charge in [0, 0.05) is 12.2 Å². The Morgan fingerprint density at radius 3 is 2.50 bits per heavy atom. The minimum Gasteiger partial charge on any atom is -0.497 e. The highest BCUT2D eigenvalue weighted by Crippen LogP contribution is 2.24. The number of fused-ring (bicyclic) bond motifs is 1. The van der Waals surface area contributed by atoms with E-state index in [1.54, 1.807) is 42.0 Å². The maximum absolute atomic E-state index is 12.5. The molecule has 0 saturated carbocycles. The van der Waals surface area contributed by atoms with Gasteiger partial charge in [-0.15, -0.1) is 0 Å². The zero-order valence-corrected chi connectivity index (χ0v) is 14.8. The predicted molar refractivity (Wildman–Crippen MR) is 95.6 cm³/mol. The molecular formula is C16H16N2O4S2. The van der Waals surface area contributed by atoms with E-state index < -0.39 is 10.0 Å². The molecule has 0 bridgehead atoms. The fraction of sp³-hybridized carbons (Fsp3) is 0.188. The molecule has 2 aromatic carbocycles. The van der Waals surface area contributed by atoms with Crippen molar-refractivity contribution < 1.29 is 13.2 Å². The van der Waals surface area contributed by atoms with Crippen molar-refractivity contribution in [3.05, 3.63) is 52.1 Å². The molecule has 6 nitrogen and oxygen atoms in total. The number of rotatable bonds is 5. The smallest absolute Gasteiger partial charge is 0.308 e. The summed E-state index contributed by atoms with van der Waals surface area (Å²) >= 11 is 1.04. The maximum Gasteiger partial charge on any atom is 0.308 e. The highest BCUT2D eigenvalue weighted by Gasteiger charge is 2.16. The Balaban J connectivity index is 1.96. The molecule has 3 aromatic rings. The fourth-order valence-corrected chi connectivity index (χ4v) is 4.54. The minimum atomic E-state index is -3.73. The number of aromatic nitrogens is 1. The number of benzene rings is 2. The third-order valence-electron chi connectivity index (χ3n) is 3.61. The van der Waals surface area contributed by atoms with Gasteiger partial charge in [-0.25, -0.2) is 8.42 Å². The van der Waals surface area contributed by atoms with Crippen LogP contribution in [0, 0.1) is 0 Å². The number of nitrogens with one attached hydrogen (secondary N) is 1. The van der Waals surface area contributed by atoms with Crippen LogP contribution in [0.15, 0.2) is 52.2 Å². The summed E-state index contributed by atoms with van der Waals surface area (Å²) in [7, 11) is -2.19. The van der Waals surface area contributed by atoms with E-state index in [1.807, 2.05) is 6.92 Å². The van der Waals surface area contributed by atoms with Crippen molar-refractivity contribution in [2.45, 2.75) is 18.4 Å². The van der Waals surface area contributed by atoms with Crippen LogP contribution in [0.3, 0.4) is 0 Å². The zero-order valence-electron chi connectivity index (χ0n) is 13.1. The van der Waals surface area contributed by atoms with E-state index in [9.17, 15) is 13.2 Å². The number of hydrogen-bond acceptors (Lipinski definition) is 5. The lowest BCUT2D eigenvalue weighted by molar-refractivity contribution is 0.415. The summed E-state index contributed by atoms with van der Waals surface area (Å²) in [6.07, 6.45) is 0. The Labute approximate surface area is 143 Å². The topological polar surface area (TPSA) is 77.4 Å². The Bertz CT molecular complexity index is 1030. The molecule has 1 N–H and O–H groups in total. The van der Waals surface area contributed by atoms with Crippen molar-refractivity contribution in [2.24, 2.45) is 0 Å². The second-order valence-electron chi connectivity index (χ2n) is 5.08. The van der Waals surface area contributed by atoms with Gasteiger partial charge in [-0.3, -0.25) is 14.1 Å². The first-order chi connectivity index (χ1) is 11.4. The van der Waals surface area contributed by atoms with Gasteiger partial charge in [-0.1, -0.05) is 11.3 Å². The summed E-state index contributed by atoms with van der Waals surface area (Å²) in [6.45, 7) is 2.43. The van der Waals surface area contributed by atoms with Gasteiger partial charge >= 0.3 is 4.87 Å². The number of nitrogens with zero attached hydrogens (tertiary/aromatic N) is 1. The molecule has 0 spiro atoms. The summed E-state index contributed by atoms with van der Waals surface area (Å²) in [5, 5.41) is 0. The summed E-state index contributed by atoms with van der Waals surface area (Å²) in [4.78, 5) is 11.9.